The third kappa shape index (κ3) is 5.65. The molecule has 0 fully saturated rings. The Hall–Kier alpha value is -0.500. The molecule has 0 aromatic heterocycles. The molecule has 0 saturated carbocycles. The van der Waals surface area contributed by atoms with Gasteiger partial charge in [0.25, 0.3) is 0 Å². The van der Waals surface area contributed by atoms with Gasteiger partial charge in [-0.25, -0.2) is 17.5 Å². The molecule has 0 saturated heterocycles. The number of hydrogen-bond acceptors (Lipinski definition) is 3. The highest BCUT2D eigenvalue weighted by Gasteiger charge is 2.26. The van der Waals surface area contributed by atoms with Crippen LogP contribution in [0.25, 0.3) is 0 Å². The lowest BCUT2D eigenvalue weighted by Gasteiger charge is -2.21. The van der Waals surface area contributed by atoms with E-state index in [2.05, 4.69) is 26.0 Å². The van der Waals surface area contributed by atoms with Crippen LogP contribution in [0.5, 0.6) is 0 Å². The van der Waals surface area contributed by atoms with Crippen molar-refractivity contribution in [3.63, 3.8) is 0 Å². The van der Waals surface area contributed by atoms with Gasteiger partial charge < -0.3 is 5.32 Å². The molecule has 1 rings (SSSR count). The highest BCUT2D eigenvalue weighted by Crippen LogP contribution is 2.25. The molecule has 0 unspecified atom stereocenters. The topological polar surface area (TPSA) is 58.2 Å². The van der Waals surface area contributed by atoms with Gasteiger partial charge in [0.15, 0.2) is 0 Å². The third-order valence-electron chi connectivity index (χ3n) is 2.55. The predicted octanol–water partition coefficient (Wildman–Crippen LogP) is 3.16. The van der Waals surface area contributed by atoms with E-state index in [1.807, 2.05) is 6.92 Å². The maximum atomic E-state index is 14.5. The summed E-state index contributed by atoms with van der Waals surface area (Å²) in [5.74, 6) is -0.710. The van der Waals surface area contributed by atoms with Crippen LogP contribution >= 0.6 is 15.9 Å². The van der Waals surface area contributed by atoms with Crippen molar-refractivity contribution in [2.75, 3.05) is 6.54 Å². The molecule has 120 valence electrons. The van der Waals surface area contributed by atoms with E-state index in [0.29, 0.717) is 10.0 Å². The second-order valence-electron chi connectivity index (χ2n) is 5.91. The number of rotatable bonds is 6. The van der Waals surface area contributed by atoms with Crippen LogP contribution in [0, 0.1) is 5.82 Å². The van der Waals surface area contributed by atoms with E-state index in [9.17, 15) is 12.8 Å². The van der Waals surface area contributed by atoms with Crippen LogP contribution in [0.15, 0.2) is 21.5 Å². The van der Waals surface area contributed by atoms with Crippen LogP contribution < -0.4 is 10.0 Å². The van der Waals surface area contributed by atoms with Gasteiger partial charge >= 0.3 is 0 Å². The number of benzene rings is 1. The monoisotopic (exact) mass is 380 g/mol. The molecular weight excluding hydrogens is 359 g/mol. The maximum Gasteiger partial charge on any atom is 0.244 e. The smallest absolute Gasteiger partial charge is 0.244 e. The molecule has 0 radical (unpaired) electrons. The molecule has 1 aromatic rings. The van der Waals surface area contributed by atoms with E-state index in [-0.39, 0.29) is 11.4 Å². The van der Waals surface area contributed by atoms with Crippen molar-refractivity contribution in [1.29, 1.82) is 0 Å². The average molecular weight is 381 g/mol. The fourth-order valence-electron chi connectivity index (χ4n) is 1.80. The Morgan fingerprint density at radius 2 is 1.90 bits per heavy atom. The minimum atomic E-state index is -3.91. The average Bonchev–Trinajstić information content (AvgIpc) is 2.30. The minimum absolute atomic E-state index is 0.289. The number of nitrogens with one attached hydrogen (secondary N) is 2. The molecular formula is C14H22BrFN2O2S. The van der Waals surface area contributed by atoms with Gasteiger partial charge in [0.1, 0.15) is 10.7 Å². The molecule has 2 N–H and O–H groups in total. The van der Waals surface area contributed by atoms with Crippen LogP contribution in [-0.2, 0) is 16.6 Å². The van der Waals surface area contributed by atoms with Crippen LogP contribution in [0.4, 0.5) is 4.39 Å². The Bertz CT molecular complexity index is 598. The van der Waals surface area contributed by atoms with Crippen LogP contribution in [0.3, 0.4) is 0 Å². The molecule has 4 nitrogen and oxygen atoms in total. The van der Waals surface area contributed by atoms with Crippen LogP contribution in [0.2, 0.25) is 0 Å². The zero-order valence-electron chi connectivity index (χ0n) is 12.8. The minimum Gasteiger partial charge on any atom is -0.313 e. The van der Waals surface area contributed by atoms with Gasteiger partial charge in [0.2, 0.25) is 10.0 Å². The lowest BCUT2D eigenvalue weighted by Crippen LogP contribution is -2.40. The van der Waals surface area contributed by atoms with Crippen LogP contribution in [-0.4, -0.2) is 20.5 Å². The Labute approximate surface area is 134 Å². The van der Waals surface area contributed by atoms with Gasteiger partial charge in [0, 0.05) is 22.1 Å². The molecule has 0 atom stereocenters. The molecule has 1 aromatic carbocycles. The van der Waals surface area contributed by atoms with E-state index in [1.54, 1.807) is 26.8 Å². The summed E-state index contributed by atoms with van der Waals surface area (Å²) in [4.78, 5) is -0.333. The second kappa shape index (κ2) is 7.17. The first kappa shape index (κ1) is 18.5. The Morgan fingerprint density at radius 1 is 1.29 bits per heavy atom. The summed E-state index contributed by atoms with van der Waals surface area (Å²) in [5.41, 5.74) is -0.346. The van der Waals surface area contributed by atoms with Gasteiger partial charge in [-0.3, -0.25) is 0 Å². The standard InChI is InChI=1S/C14H22BrFN2O2S/c1-5-6-17-9-10-7-11(15)8-12(13(10)16)21(19,20)18-14(2,3)4/h7-8,17-18H,5-6,9H2,1-4H3. The molecule has 0 heterocycles. The molecule has 0 aliphatic rings. The quantitative estimate of drug-likeness (QED) is 0.745. The van der Waals surface area contributed by atoms with E-state index < -0.39 is 21.4 Å². The highest BCUT2D eigenvalue weighted by molar-refractivity contribution is 9.10. The summed E-state index contributed by atoms with van der Waals surface area (Å²) < 4.78 is 42.1. The predicted molar refractivity (Wildman–Crippen MR) is 86.2 cm³/mol. The maximum absolute atomic E-state index is 14.5. The van der Waals surface area contributed by atoms with Gasteiger partial charge in [-0.1, -0.05) is 22.9 Å². The zero-order valence-corrected chi connectivity index (χ0v) is 15.2. The molecule has 0 aliphatic heterocycles. The Morgan fingerprint density at radius 3 is 2.43 bits per heavy atom. The van der Waals surface area contributed by atoms with Crippen molar-refractivity contribution in [3.8, 4) is 0 Å². The fraction of sp³-hybridized carbons (Fsp3) is 0.571. The van der Waals surface area contributed by atoms with E-state index in [1.165, 1.54) is 6.07 Å². The summed E-state index contributed by atoms with van der Waals surface area (Å²) in [5, 5.41) is 3.07. The van der Waals surface area contributed by atoms with Crippen molar-refractivity contribution >= 4 is 26.0 Å². The SMILES string of the molecule is CCCNCc1cc(Br)cc(S(=O)(=O)NC(C)(C)C)c1F. The first-order chi connectivity index (χ1) is 9.57. The van der Waals surface area contributed by atoms with Gasteiger partial charge in [0.05, 0.1) is 0 Å². The molecule has 0 bridgehead atoms. The lowest BCUT2D eigenvalue weighted by atomic mass is 10.1. The molecule has 0 amide bonds. The van der Waals surface area contributed by atoms with Crippen molar-refractivity contribution in [2.45, 2.75) is 51.1 Å². The van der Waals surface area contributed by atoms with Crippen molar-refractivity contribution in [3.05, 3.63) is 28.0 Å². The van der Waals surface area contributed by atoms with Crippen molar-refractivity contribution < 1.29 is 12.8 Å². The third-order valence-corrected chi connectivity index (χ3v) is 4.77. The van der Waals surface area contributed by atoms with Gasteiger partial charge in [-0.15, -0.1) is 0 Å². The molecule has 21 heavy (non-hydrogen) atoms. The first-order valence-electron chi connectivity index (χ1n) is 6.79. The summed E-state index contributed by atoms with van der Waals surface area (Å²) in [6, 6.07) is 2.88. The number of hydrogen-bond donors (Lipinski definition) is 2. The van der Waals surface area contributed by atoms with E-state index in [0.717, 1.165) is 13.0 Å². The summed E-state index contributed by atoms with van der Waals surface area (Å²) in [6.45, 7) is 8.18. The number of halogens is 2. The van der Waals surface area contributed by atoms with E-state index in [4.69, 9.17) is 0 Å². The Balaban J connectivity index is 3.19. The summed E-state index contributed by atoms with van der Waals surface area (Å²) in [6.07, 6.45) is 0.923. The lowest BCUT2D eigenvalue weighted by molar-refractivity contribution is 0.484. The zero-order chi connectivity index (χ0) is 16.3. The summed E-state index contributed by atoms with van der Waals surface area (Å²) >= 11 is 3.24. The highest BCUT2D eigenvalue weighted by atomic mass is 79.9. The molecule has 7 heteroatoms. The fourth-order valence-corrected chi connectivity index (χ4v) is 4.02. The van der Waals surface area contributed by atoms with Crippen molar-refractivity contribution in [2.24, 2.45) is 0 Å². The number of sulfonamides is 1. The summed E-state index contributed by atoms with van der Waals surface area (Å²) in [7, 11) is -3.91. The molecule has 0 aliphatic carbocycles. The van der Waals surface area contributed by atoms with Crippen LogP contribution in [0.1, 0.15) is 39.7 Å². The van der Waals surface area contributed by atoms with Gasteiger partial charge in [-0.2, -0.15) is 0 Å². The normalized spacial score (nSPS) is 12.7. The largest absolute Gasteiger partial charge is 0.313 e. The first-order valence-corrected chi connectivity index (χ1v) is 9.07. The molecule has 0 spiro atoms. The Kier molecular flexibility index (Phi) is 6.34. The van der Waals surface area contributed by atoms with Gasteiger partial charge in [-0.05, 0) is 45.9 Å². The van der Waals surface area contributed by atoms with Crippen molar-refractivity contribution in [1.82, 2.24) is 10.0 Å². The second-order valence-corrected chi connectivity index (χ2v) is 8.48. The van der Waals surface area contributed by atoms with E-state index >= 15 is 0 Å².